The van der Waals surface area contributed by atoms with Crippen LogP contribution in [0.3, 0.4) is 0 Å². The lowest BCUT2D eigenvalue weighted by Crippen LogP contribution is -2.41. The molecule has 0 radical (unpaired) electrons. The third-order valence-electron chi connectivity index (χ3n) is 3.28. The van der Waals surface area contributed by atoms with Crippen molar-refractivity contribution in [3.05, 3.63) is 0 Å². The maximum Gasteiger partial charge on any atom is 0.410 e. The lowest BCUT2D eigenvalue weighted by molar-refractivity contribution is -0.138. The second-order valence-electron chi connectivity index (χ2n) is 6.30. The van der Waals surface area contributed by atoms with Crippen LogP contribution in [-0.4, -0.2) is 64.8 Å². The SMILES string of the molecule is CC(CC(=O)O)N1CCCN(C(=O)OC(C)(C)C)CC1. The van der Waals surface area contributed by atoms with E-state index in [9.17, 15) is 9.59 Å². The van der Waals surface area contributed by atoms with Gasteiger partial charge in [0.25, 0.3) is 0 Å². The molecule has 1 aliphatic heterocycles. The van der Waals surface area contributed by atoms with Crippen LogP contribution in [0.4, 0.5) is 4.79 Å². The van der Waals surface area contributed by atoms with Crippen LogP contribution in [0.25, 0.3) is 0 Å². The smallest absolute Gasteiger partial charge is 0.410 e. The van der Waals surface area contributed by atoms with Gasteiger partial charge in [-0.15, -0.1) is 0 Å². The van der Waals surface area contributed by atoms with Crippen molar-refractivity contribution in [1.82, 2.24) is 9.80 Å². The Balaban J connectivity index is 2.50. The molecule has 1 rings (SSSR count). The fourth-order valence-electron chi connectivity index (χ4n) is 2.27. The Morgan fingerprint density at radius 2 is 1.85 bits per heavy atom. The van der Waals surface area contributed by atoms with Crippen LogP contribution >= 0.6 is 0 Å². The van der Waals surface area contributed by atoms with E-state index < -0.39 is 11.6 Å². The zero-order chi connectivity index (χ0) is 15.3. The van der Waals surface area contributed by atoms with E-state index in [4.69, 9.17) is 9.84 Å². The summed E-state index contributed by atoms with van der Waals surface area (Å²) in [5, 5.41) is 8.84. The highest BCUT2D eigenvalue weighted by Crippen LogP contribution is 2.14. The highest BCUT2D eigenvalue weighted by Gasteiger charge is 2.26. The number of ether oxygens (including phenoxy) is 1. The lowest BCUT2D eigenvalue weighted by Gasteiger charge is -2.28. The van der Waals surface area contributed by atoms with Gasteiger partial charge >= 0.3 is 12.1 Å². The Hall–Kier alpha value is -1.30. The average molecular weight is 286 g/mol. The first-order chi connectivity index (χ1) is 9.19. The average Bonchev–Trinajstić information content (AvgIpc) is 2.50. The topological polar surface area (TPSA) is 70.1 Å². The Morgan fingerprint density at radius 3 is 2.40 bits per heavy atom. The first-order valence-corrected chi connectivity index (χ1v) is 7.13. The number of rotatable bonds is 3. The highest BCUT2D eigenvalue weighted by atomic mass is 16.6. The molecule has 1 N–H and O–H groups in total. The molecule has 0 aromatic carbocycles. The predicted octanol–water partition coefficient (Wildman–Crippen LogP) is 1.79. The number of hydrogen-bond donors (Lipinski definition) is 1. The van der Waals surface area contributed by atoms with E-state index in [0.717, 1.165) is 13.0 Å². The molecule has 0 aliphatic carbocycles. The minimum Gasteiger partial charge on any atom is -0.481 e. The Labute approximate surface area is 120 Å². The van der Waals surface area contributed by atoms with Crippen LogP contribution in [0.15, 0.2) is 0 Å². The maximum atomic E-state index is 12.0. The largest absolute Gasteiger partial charge is 0.481 e. The van der Waals surface area contributed by atoms with Gasteiger partial charge in [0.05, 0.1) is 6.42 Å². The number of aliphatic carboxylic acids is 1. The van der Waals surface area contributed by atoms with Crippen molar-refractivity contribution in [2.75, 3.05) is 26.2 Å². The molecule has 1 amide bonds. The van der Waals surface area contributed by atoms with Gasteiger partial charge in [-0.3, -0.25) is 9.69 Å². The molecule has 0 bridgehead atoms. The van der Waals surface area contributed by atoms with Crippen molar-refractivity contribution in [2.24, 2.45) is 0 Å². The minimum atomic E-state index is -0.786. The van der Waals surface area contributed by atoms with Gasteiger partial charge in [0.2, 0.25) is 0 Å². The molecule has 116 valence electrons. The van der Waals surface area contributed by atoms with Gasteiger partial charge in [-0.25, -0.2) is 4.79 Å². The van der Waals surface area contributed by atoms with E-state index >= 15 is 0 Å². The van der Waals surface area contributed by atoms with Gasteiger partial charge < -0.3 is 14.7 Å². The lowest BCUT2D eigenvalue weighted by atomic mass is 10.2. The van der Waals surface area contributed by atoms with Crippen LogP contribution in [-0.2, 0) is 9.53 Å². The summed E-state index contributed by atoms with van der Waals surface area (Å²) in [4.78, 5) is 26.6. The van der Waals surface area contributed by atoms with Crippen molar-refractivity contribution in [1.29, 1.82) is 0 Å². The maximum absolute atomic E-state index is 12.0. The van der Waals surface area contributed by atoms with Gasteiger partial charge in [0.1, 0.15) is 5.60 Å². The number of hydrogen-bond acceptors (Lipinski definition) is 4. The Kier molecular flexibility index (Phi) is 5.80. The summed E-state index contributed by atoms with van der Waals surface area (Å²) in [6, 6.07) is -0.00825. The molecule has 0 spiro atoms. The van der Waals surface area contributed by atoms with Crippen LogP contribution in [0.5, 0.6) is 0 Å². The number of carbonyl (C=O) groups excluding carboxylic acids is 1. The molecule has 0 aromatic rings. The molecule has 1 saturated heterocycles. The molecule has 1 fully saturated rings. The summed E-state index contributed by atoms with van der Waals surface area (Å²) < 4.78 is 5.37. The second-order valence-corrected chi connectivity index (χ2v) is 6.30. The monoisotopic (exact) mass is 286 g/mol. The predicted molar refractivity (Wildman–Crippen MR) is 75.7 cm³/mol. The zero-order valence-electron chi connectivity index (χ0n) is 12.9. The Bertz CT molecular complexity index is 352. The van der Waals surface area contributed by atoms with E-state index in [1.54, 1.807) is 4.90 Å². The third kappa shape index (κ3) is 5.77. The molecule has 1 heterocycles. The van der Waals surface area contributed by atoms with E-state index in [-0.39, 0.29) is 18.6 Å². The molecule has 1 unspecified atom stereocenters. The molecule has 6 heteroatoms. The van der Waals surface area contributed by atoms with Crippen molar-refractivity contribution in [3.8, 4) is 0 Å². The number of nitrogens with zero attached hydrogens (tertiary/aromatic N) is 2. The Morgan fingerprint density at radius 1 is 1.20 bits per heavy atom. The van der Waals surface area contributed by atoms with Gasteiger partial charge in [0, 0.05) is 32.2 Å². The highest BCUT2D eigenvalue weighted by molar-refractivity contribution is 5.68. The van der Waals surface area contributed by atoms with Crippen LogP contribution in [0, 0.1) is 0 Å². The molecule has 6 nitrogen and oxygen atoms in total. The molecule has 1 atom stereocenters. The normalized spacial score (nSPS) is 19.3. The second kappa shape index (κ2) is 6.92. The van der Waals surface area contributed by atoms with Crippen LogP contribution in [0.2, 0.25) is 0 Å². The molecular weight excluding hydrogens is 260 g/mol. The fraction of sp³-hybridized carbons (Fsp3) is 0.857. The first kappa shape index (κ1) is 16.8. The van der Waals surface area contributed by atoms with Crippen LogP contribution in [0.1, 0.15) is 40.5 Å². The van der Waals surface area contributed by atoms with Gasteiger partial charge in [-0.1, -0.05) is 0 Å². The van der Waals surface area contributed by atoms with E-state index in [1.165, 1.54) is 0 Å². The third-order valence-corrected chi connectivity index (χ3v) is 3.28. The van der Waals surface area contributed by atoms with Gasteiger partial charge in [-0.05, 0) is 34.1 Å². The quantitative estimate of drug-likeness (QED) is 0.856. The van der Waals surface area contributed by atoms with Crippen molar-refractivity contribution in [2.45, 2.75) is 52.2 Å². The minimum absolute atomic E-state index is 0.00825. The summed E-state index contributed by atoms with van der Waals surface area (Å²) in [6.45, 7) is 10.2. The molecular formula is C14H26N2O4. The molecule has 1 aliphatic rings. The molecule has 0 saturated carbocycles. The van der Waals surface area contributed by atoms with E-state index in [0.29, 0.717) is 19.6 Å². The summed E-state index contributed by atoms with van der Waals surface area (Å²) in [5.41, 5.74) is -0.486. The summed E-state index contributed by atoms with van der Waals surface area (Å²) in [6.07, 6.45) is 0.681. The molecule has 0 aromatic heterocycles. The fourth-order valence-corrected chi connectivity index (χ4v) is 2.27. The van der Waals surface area contributed by atoms with Crippen LogP contribution < -0.4 is 0 Å². The van der Waals surface area contributed by atoms with Gasteiger partial charge in [0.15, 0.2) is 0 Å². The molecule has 20 heavy (non-hydrogen) atoms. The standard InChI is InChI=1S/C14H26N2O4/c1-11(10-12(17)18)15-6-5-7-16(9-8-15)13(19)20-14(2,3)4/h11H,5-10H2,1-4H3,(H,17,18). The van der Waals surface area contributed by atoms with Gasteiger partial charge in [-0.2, -0.15) is 0 Å². The van der Waals surface area contributed by atoms with E-state index in [1.807, 2.05) is 27.7 Å². The van der Waals surface area contributed by atoms with Crippen molar-refractivity contribution < 1.29 is 19.4 Å². The van der Waals surface area contributed by atoms with Crippen molar-refractivity contribution >= 4 is 12.1 Å². The number of amides is 1. The summed E-state index contributed by atoms with van der Waals surface area (Å²) in [5.74, 6) is -0.786. The van der Waals surface area contributed by atoms with E-state index in [2.05, 4.69) is 4.90 Å². The number of carboxylic acid groups (broad SMARTS) is 1. The zero-order valence-corrected chi connectivity index (χ0v) is 12.9. The summed E-state index contributed by atoms with van der Waals surface area (Å²) in [7, 11) is 0. The summed E-state index contributed by atoms with van der Waals surface area (Å²) >= 11 is 0. The first-order valence-electron chi connectivity index (χ1n) is 7.13. The van der Waals surface area contributed by atoms with Crippen molar-refractivity contribution in [3.63, 3.8) is 0 Å². The number of carboxylic acids is 1. The number of carbonyl (C=O) groups is 2.